The third-order valence-electron chi connectivity index (χ3n) is 3.73. The molecule has 1 heterocycles. The van der Waals surface area contributed by atoms with E-state index in [9.17, 15) is 9.18 Å². The van der Waals surface area contributed by atoms with E-state index in [1.165, 1.54) is 12.1 Å². The monoisotopic (exact) mass is 276 g/mol. The summed E-state index contributed by atoms with van der Waals surface area (Å²) < 4.78 is 13.1. The Morgan fingerprint density at radius 2 is 2.30 bits per heavy atom. The van der Waals surface area contributed by atoms with Crippen LogP contribution in [-0.2, 0) is 11.3 Å². The fourth-order valence-electron chi connectivity index (χ4n) is 2.71. The van der Waals surface area contributed by atoms with Crippen molar-refractivity contribution in [2.24, 2.45) is 0 Å². The van der Waals surface area contributed by atoms with Crippen LogP contribution in [0, 0.1) is 17.1 Å². The smallest absolute Gasteiger partial charge is 0.304 e. The highest BCUT2D eigenvalue weighted by Gasteiger charge is 2.25. The summed E-state index contributed by atoms with van der Waals surface area (Å²) in [6, 6.07) is 6.18. The number of aliphatic carboxylic acids is 1. The summed E-state index contributed by atoms with van der Waals surface area (Å²) in [5.74, 6) is -1.23. The number of piperidine rings is 1. The van der Waals surface area contributed by atoms with Crippen LogP contribution < -0.4 is 0 Å². The second-order valence-corrected chi connectivity index (χ2v) is 5.13. The number of hydrogen-bond donors (Lipinski definition) is 1. The largest absolute Gasteiger partial charge is 0.481 e. The van der Waals surface area contributed by atoms with Crippen molar-refractivity contribution in [2.75, 3.05) is 6.54 Å². The van der Waals surface area contributed by atoms with E-state index in [0.29, 0.717) is 12.1 Å². The molecule has 0 bridgehead atoms. The molecule has 0 aromatic heterocycles. The van der Waals surface area contributed by atoms with E-state index >= 15 is 0 Å². The maximum Gasteiger partial charge on any atom is 0.304 e. The lowest BCUT2D eigenvalue weighted by Crippen LogP contribution is -2.40. The topological polar surface area (TPSA) is 64.3 Å². The summed E-state index contributed by atoms with van der Waals surface area (Å²) in [5.41, 5.74) is 1.08. The van der Waals surface area contributed by atoms with Crippen LogP contribution >= 0.6 is 0 Å². The van der Waals surface area contributed by atoms with Crippen LogP contribution in [0.2, 0.25) is 0 Å². The van der Waals surface area contributed by atoms with E-state index in [1.54, 1.807) is 6.07 Å². The first kappa shape index (κ1) is 14.5. The number of benzene rings is 1. The van der Waals surface area contributed by atoms with Gasteiger partial charge in [0.05, 0.1) is 18.1 Å². The molecule has 1 saturated heterocycles. The molecule has 106 valence electrons. The Labute approximate surface area is 117 Å². The fraction of sp³-hybridized carbons (Fsp3) is 0.467. The van der Waals surface area contributed by atoms with Crippen molar-refractivity contribution in [3.63, 3.8) is 0 Å². The molecule has 1 unspecified atom stereocenters. The molecule has 2 rings (SSSR count). The van der Waals surface area contributed by atoms with Crippen LogP contribution in [0.3, 0.4) is 0 Å². The number of carboxylic acid groups (broad SMARTS) is 1. The van der Waals surface area contributed by atoms with Gasteiger partial charge in [-0.1, -0.05) is 12.5 Å². The average molecular weight is 276 g/mol. The van der Waals surface area contributed by atoms with Gasteiger partial charge in [-0.3, -0.25) is 9.69 Å². The Hall–Kier alpha value is -1.93. The van der Waals surface area contributed by atoms with Crippen LogP contribution in [-0.4, -0.2) is 28.6 Å². The zero-order valence-electron chi connectivity index (χ0n) is 11.2. The standard InChI is InChI=1S/C15H17FN2O2/c16-13-5-4-11(12(7-13)9-17)10-18-6-2-1-3-14(18)8-15(19)20/h4-5,7,14H,1-3,6,8,10H2,(H,19,20). The molecular formula is C15H17FN2O2. The van der Waals surface area contributed by atoms with Crippen molar-refractivity contribution in [3.05, 3.63) is 35.1 Å². The van der Waals surface area contributed by atoms with E-state index in [-0.39, 0.29) is 12.5 Å². The number of halogens is 1. The second-order valence-electron chi connectivity index (χ2n) is 5.13. The van der Waals surface area contributed by atoms with Gasteiger partial charge in [-0.05, 0) is 37.1 Å². The molecule has 1 aliphatic rings. The van der Waals surface area contributed by atoms with Gasteiger partial charge in [-0.2, -0.15) is 5.26 Å². The zero-order valence-corrected chi connectivity index (χ0v) is 11.2. The lowest BCUT2D eigenvalue weighted by molar-refractivity contribution is -0.138. The third-order valence-corrected chi connectivity index (χ3v) is 3.73. The van der Waals surface area contributed by atoms with Crippen LogP contribution in [0.25, 0.3) is 0 Å². The molecule has 5 heteroatoms. The number of nitrogens with zero attached hydrogens (tertiary/aromatic N) is 2. The first-order valence-corrected chi connectivity index (χ1v) is 6.74. The molecule has 1 fully saturated rings. The zero-order chi connectivity index (χ0) is 14.5. The van der Waals surface area contributed by atoms with Gasteiger partial charge in [0.15, 0.2) is 0 Å². The molecule has 4 nitrogen and oxygen atoms in total. The van der Waals surface area contributed by atoms with Crippen molar-refractivity contribution in [1.29, 1.82) is 5.26 Å². The molecule has 1 aromatic carbocycles. The number of rotatable bonds is 4. The van der Waals surface area contributed by atoms with Gasteiger partial charge in [-0.15, -0.1) is 0 Å². The Kier molecular flexibility index (Phi) is 4.70. The number of carboxylic acids is 1. The van der Waals surface area contributed by atoms with Gasteiger partial charge >= 0.3 is 5.97 Å². The summed E-state index contributed by atoms with van der Waals surface area (Å²) in [6.45, 7) is 1.32. The highest BCUT2D eigenvalue weighted by atomic mass is 19.1. The van der Waals surface area contributed by atoms with Gasteiger partial charge in [0.25, 0.3) is 0 Å². The van der Waals surface area contributed by atoms with E-state index in [0.717, 1.165) is 31.4 Å². The summed E-state index contributed by atoms with van der Waals surface area (Å²) in [7, 11) is 0. The van der Waals surface area contributed by atoms with Gasteiger partial charge in [0.1, 0.15) is 5.82 Å². The second kappa shape index (κ2) is 6.49. The van der Waals surface area contributed by atoms with Crippen LogP contribution in [0.15, 0.2) is 18.2 Å². The van der Waals surface area contributed by atoms with Crippen LogP contribution in [0.5, 0.6) is 0 Å². The highest BCUT2D eigenvalue weighted by molar-refractivity contribution is 5.67. The minimum absolute atomic E-state index is 0.00199. The predicted octanol–water partition coefficient (Wildman–Crippen LogP) is 2.53. The molecule has 0 amide bonds. The lowest BCUT2D eigenvalue weighted by atomic mass is 9.97. The number of carbonyl (C=O) groups is 1. The van der Waals surface area contributed by atoms with Gasteiger partial charge in [0, 0.05) is 12.6 Å². The SMILES string of the molecule is N#Cc1cc(F)ccc1CN1CCCCC1CC(=O)O. The molecule has 1 aliphatic heterocycles. The van der Waals surface area contributed by atoms with E-state index in [2.05, 4.69) is 4.90 Å². The number of nitriles is 1. The molecule has 1 aromatic rings. The molecule has 1 N–H and O–H groups in total. The summed E-state index contributed by atoms with van der Waals surface area (Å²) in [6.07, 6.45) is 3.03. The molecule has 1 atom stereocenters. The number of hydrogen-bond acceptors (Lipinski definition) is 3. The van der Waals surface area contributed by atoms with E-state index in [1.807, 2.05) is 6.07 Å². The molecule has 0 saturated carbocycles. The van der Waals surface area contributed by atoms with Crippen molar-refractivity contribution in [3.8, 4) is 6.07 Å². The Morgan fingerprint density at radius 3 is 3.00 bits per heavy atom. The minimum Gasteiger partial charge on any atom is -0.481 e. The van der Waals surface area contributed by atoms with Crippen molar-refractivity contribution >= 4 is 5.97 Å². The van der Waals surface area contributed by atoms with E-state index < -0.39 is 11.8 Å². The first-order valence-electron chi connectivity index (χ1n) is 6.74. The first-order chi connectivity index (χ1) is 9.60. The highest BCUT2D eigenvalue weighted by Crippen LogP contribution is 2.23. The van der Waals surface area contributed by atoms with Gasteiger partial charge in [0.2, 0.25) is 0 Å². The molecule has 20 heavy (non-hydrogen) atoms. The minimum atomic E-state index is -0.804. The maximum absolute atomic E-state index is 13.1. The van der Waals surface area contributed by atoms with Crippen LogP contribution in [0.1, 0.15) is 36.8 Å². The molecular weight excluding hydrogens is 259 g/mol. The van der Waals surface area contributed by atoms with Crippen molar-refractivity contribution in [1.82, 2.24) is 4.90 Å². The number of likely N-dealkylation sites (tertiary alicyclic amines) is 1. The Balaban J connectivity index is 2.14. The summed E-state index contributed by atoms with van der Waals surface area (Å²) >= 11 is 0. The average Bonchev–Trinajstić information content (AvgIpc) is 2.42. The Bertz CT molecular complexity index is 539. The molecule has 0 spiro atoms. The van der Waals surface area contributed by atoms with E-state index in [4.69, 9.17) is 10.4 Å². The van der Waals surface area contributed by atoms with Crippen LogP contribution in [0.4, 0.5) is 4.39 Å². The fourth-order valence-corrected chi connectivity index (χ4v) is 2.71. The van der Waals surface area contributed by atoms with Crippen molar-refractivity contribution in [2.45, 2.75) is 38.3 Å². The molecule has 0 radical (unpaired) electrons. The van der Waals surface area contributed by atoms with Gasteiger partial charge < -0.3 is 5.11 Å². The summed E-state index contributed by atoms with van der Waals surface area (Å²) in [5, 5.41) is 18.0. The lowest BCUT2D eigenvalue weighted by Gasteiger charge is -2.35. The third kappa shape index (κ3) is 3.55. The van der Waals surface area contributed by atoms with Crippen molar-refractivity contribution < 1.29 is 14.3 Å². The summed E-state index contributed by atoms with van der Waals surface area (Å²) in [4.78, 5) is 13.0. The normalized spacial score (nSPS) is 19.5. The Morgan fingerprint density at radius 1 is 1.50 bits per heavy atom. The predicted molar refractivity (Wildman–Crippen MR) is 71.4 cm³/mol. The molecule has 0 aliphatic carbocycles. The van der Waals surface area contributed by atoms with Gasteiger partial charge in [-0.25, -0.2) is 4.39 Å². The quantitative estimate of drug-likeness (QED) is 0.917. The maximum atomic E-state index is 13.1.